The molecule has 0 spiro atoms. The van der Waals surface area contributed by atoms with Crippen molar-refractivity contribution in [3.8, 4) is 0 Å². The minimum atomic E-state index is -0.473. The van der Waals surface area contributed by atoms with Crippen molar-refractivity contribution in [3.63, 3.8) is 0 Å². The van der Waals surface area contributed by atoms with Gasteiger partial charge in [0.15, 0.2) is 0 Å². The minimum Gasteiger partial charge on any atom is -0.398 e. The lowest BCUT2D eigenvalue weighted by Crippen LogP contribution is -2.06. The number of anilines is 1. The number of carbonyl (C=O) groups is 1. The first kappa shape index (κ1) is 9.45. The molecule has 0 aliphatic rings. The van der Waals surface area contributed by atoms with Crippen LogP contribution < -0.4 is 5.73 Å². The number of ketones is 1. The van der Waals surface area contributed by atoms with Crippen LogP contribution in [-0.4, -0.2) is 10.8 Å². The Morgan fingerprint density at radius 3 is 2.80 bits per heavy atom. The van der Waals surface area contributed by atoms with Crippen molar-refractivity contribution in [2.45, 2.75) is 0 Å². The van der Waals surface area contributed by atoms with Crippen molar-refractivity contribution in [1.29, 1.82) is 0 Å². The molecule has 0 unspecified atom stereocenters. The number of nitrogens with two attached hydrogens (primary N) is 1. The fourth-order valence-electron chi connectivity index (χ4n) is 1.34. The Kier molecular flexibility index (Phi) is 2.25. The maximum atomic E-state index is 12.9. The molecule has 1 aromatic heterocycles. The second-order valence-corrected chi connectivity index (χ2v) is 3.14. The summed E-state index contributed by atoms with van der Waals surface area (Å²) in [7, 11) is 0. The third kappa shape index (κ3) is 1.74. The molecule has 0 saturated heterocycles. The zero-order valence-electron chi connectivity index (χ0n) is 7.83. The van der Waals surface area contributed by atoms with Crippen LogP contribution in [0.5, 0.6) is 0 Å². The molecule has 15 heavy (non-hydrogen) atoms. The number of nitrogens with one attached hydrogen (secondary N) is 1. The molecule has 0 bridgehead atoms. The molecule has 4 heteroatoms. The van der Waals surface area contributed by atoms with Crippen molar-refractivity contribution in [3.05, 3.63) is 53.6 Å². The minimum absolute atomic E-state index is 0.178. The Bertz CT molecular complexity index is 491. The molecule has 1 aromatic carbocycles. The number of benzene rings is 1. The van der Waals surface area contributed by atoms with Crippen LogP contribution in [0.3, 0.4) is 0 Å². The number of carbonyl (C=O) groups excluding carboxylic acids is 1. The number of aromatic nitrogens is 1. The Hall–Kier alpha value is -2.10. The van der Waals surface area contributed by atoms with Crippen molar-refractivity contribution >= 4 is 11.5 Å². The van der Waals surface area contributed by atoms with E-state index < -0.39 is 5.82 Å². The van der Waals surface area contributed by atoms with Gasteiger partial charge >= 0.3 is 0 Å². The smallest absolute Gasteiger partial charge is 0.211 e. The third-order valence-electron chi connectivity index (χ3n) is 2.10. The van der Waals surface area contributed by atoms with E-state index in [1.54, 1.807) is 18.3 Å². The highest BCUT2D eigenvalue weighted by molar-refractivity contribution is 6.10. The van der Waals surface area contributed by atoms with Crippen molar-refractivity contribution in [1.82, 2.24) is 4.98 Å². The molecule has 0 fully saturated rings. The lowest BCUT2D eigenvalue weighted by molar-refractivity contribution is 0.103. The van der Waals surface area contributed by atoms with Crippen LogP contribution in [0.15, 0.2) is 36.5 Å². The van der Waals surface area contributed by atoms with Gasteiger partial charge in [-0.05, 0) is 30.3 Å². The fourth-order valence-corrected chi connectivity index (χ4v) is 1.34. The molecule has 76 valence electrons. The zero-order chi connectivity index (χ0) is 10.8. The molecule has 0 aliphatic carbocycles. The summed E-state index contributed by atoms with van der Waals surface area (Å²) in [6, 6.07) is 7.06. The van der Waals surface area contributed by atoms with Crippen molar-refractivity contribution in [2.75, 3.05) is 5.73 Å². The van der Waals surface area contributed by atoms with E-state index in [-0.39, 0.29) is 17.0 Å². The Morgan fingerprint density at radius 2 is 2.13 bits per heavy atom. The number of aromatic amines is 1. The van der Waals surface area contributed by atoms with Crippen LogP contribution >= 0.6 is 0 Å². The summed E-state index contributed by atoms with van der Waals surface area (Å²) in [5.74, 6) is -0.781. The van der Waals surface area contributed by atoms with Gasteiger partial charge in [0.1, 0.15) is 5.82 Å². The third-order valence-corrected chi connectivity index (χ3v) is 2.10. The van der Waals surface area contributed by atoms with Gasteiger partial charge in [0.2, 0.25) is 5.78 Å². The molecule has 3 nitrogen and oxygen atoms in total. The summed E-state index contributed by atoms with van der Waals surface area (Å²) in [5.41, 5.74) is 6.44. The predicted molar refractivity (Wildman–Crippen MR) is 55.0 cm³/mol. The van der Waals surface area contributed by atoms with E-state index in [9.17, 15) is 9.18 Å². The lowest BCUT2D eigenvalue weighted by atomic mass is 10.1. The molecule has 0 atom stereocenters. The van der Waals surface area contributed by atoms with Crippen LogP contribution in [0.4, 0.5) is 10.1 Å². The van der Waals surface area contributed by atoms with Crippen molar-refractivity contribution < 1.29 is 9.18 Å². The van der Waals surface area contributed by atoms with Crippen LogP contribution in [0, 0.1) is 5.82 Å². The largest absolute Gasteiger partial charge is 0.398 e. The molecule has 1 heterocycles. The van der Waals surface area contributed by atoms with Gasteiger partial charge in [0.05, 0.1) is 5.69 Å². The van der Waals surface area contributed by atoms with Crippen LogP contribution in [-0.2, 0) is 0 Å². The van der Waals surface area contributed by atoms with Gasteiger partial charge in [-0.2, -0.15) is 0 Å². The standard InChI is InChI=1S/C11H9FN2O/c12-7-3-4-9(13)8(6-7)11(15)10-2-1-5-14-10/h1-6,14H,13H2. The first-order valence-corrected chi connectivity index (χ1v) is 4.41. The second kappa shape index (κ2) is 3.57. The van der Waals surface area contributed by atoms with Gasteiger partial charge in [-0.15, -0.1) is 0 Å². The van der Waals surface area contributed by atoms with Crippen LogP contribution in [0.1, 0.15) is 16.1 Å². The van der Waals surface area contributed by atoms with E-state index in [2.05, 4.69) is 4.98 Å². The SMILES string of the molecule is Nc1ccc(F)cc1C(=O)c1ccc[nH]1. The average molecular weight is 204 g/mol. The monoisotopic (exact) mass is 204 g/mol. The number of rotatable bonds is 2. The summed E-state index contributed by atoms with van der Waals surface area (Å²) in [4.78, 5) is 14.6. The summed E-state index contributed by atoms with van der Waals surface area (Å²) >= 11 is 0. The van der Waals surface area contributed by atoms with Gasteiger partial charge < -0.3 is 10.7 Å². The van der Waals surface area contributed by atoms with E-state index in [4.69, 9.17) is 5.73 Å². The van der Waals surface area contributed by atoms with Gasteiger partial charge in [0, 0.05) is 17.4 Å². The van der Waals surface area contributed by atoms with Crippen LogP contribution in [0.25, 0.3) is 0 Å². The molecule has 0 saturated carbocycles. The topological polar surface area (TPSA) is 58.9 Å². The summed E-state index contributed by atoms with van der Waals surface area (Å²) in [6.07, 6.45) is 1.63. The Balaban J connectivity index is 2.46. The number of nitrogen functional groups attached to an aromatic ring is 1. The molecule has 2 rings (SSSR count). The summed E-state index contributed by atoms with van der Waals surface area (Å²) < 4.78 is 12.9. The van der Waals surface area contributed by atoms with E-state index in [0.29, 0.717) is 5.69 Å². The summed E-state index contributed by atoms with van der Waals surface area (Å²) in [5, 5.41) is 0. The maximum Gasteiger partial charge on any atom is 0.211 e. The second-order valence-electron chi connectivity index (χ2n) is 3.14. The van der Waals surface area contributed by atoms with E-state index in [1.165, 1.54) is 12.1 Å². The van der Waals surface area contributed by atoms with Gasteiger partial charge in [-0.25, -0.2) is 4.39 Å². The molecule has 0 aliphatic heterocycles. The molecule has 2 aromatic rings. The van der Waals surface area contributed by atoms with Crippen LogP contribution in [0.2, 0.25) is 0 Å². The maximum absolute atomic E-state index is 12.9. The molecule has 0 amide bonds. The number of H-pyrrole nitrogens is 1. The lowest BCUT2D eigenvalue weighted by Gasteiger charge is -2.02. The van der Waals surface area contributed by atoms with E-state index in [0.717, 1.165) is 6.07 Å². The number of hydrogen-bond donors (Lipinski definition) is 2. The van der Waals surface area contributed by atoms with E-state index >= 15 is 0 Å². The molecule has 0 radical (unpaired) electrons. The highest BCUT2D eigenvalue weighted by Crippen LogP contribution is 2.16. The molecular formula is C11H9FN2O. The van der Waals surface area contributed by atoms with Gasteiger partial charge in [0.25, 0.3) is 0 Å². The summed E-state index contributed by atoms with van der Waals surface area (Å²) in [6.45, 7) is 0. The molecule has 3 N–H and O–H groups in total. The van der Waals surface area contributed by atoms with E-state index in [1.807, 2.05) is 0 Å². The van der Waals surface area contributed by atoms with Gasteiger partial charge in [-0.1, -0.05) is 0 Å². The quantitative estimate of drug-likeness (QED) is 0.580. The normalized spacial score (nSPS) is 10.2. The number of halogens is 1. The predicted octanol–water partition coefficient (Wildman–Crippen LogP) is 1.97. The average Bonchev–Trinajstić information content (AvgIpc) is 2.74. The fraction of sp³-hybridized carbons (Fsp3) is 0. The highest BCUT2D eigenvalue weighted by Gasteiger charge is 2.13. The van der Waals surface area contributed by atoms with Gasteiger partial charge in [-0.3, -0.25) is 4.79 Å². The highest BCUT2D eigenvalue weighted by atomic mass is 19.1. The zero-order valence-corrected chi connectivity index (χ0v) is 7.83. The number of hydrogen-bond acceptors (Lipinski definition) is 2. The molecular weight excluding hydrogens is 195 g/mol. The first-order valence-electron chi connectivity index (χ1n) is 4.41. The Morgan fingerprint density at radius 1 is 1.33 bits per heavy atom. The van der Waals surface area contributed by atoms with Crippen molar-refractivity contribution in [2.24, 2.45) is 0 Å². The Labute approximate surface area is 85.7 Å². The first-order chi connectivity index (χ1) is 7.18.